The molecule has 0 unspecified atom stereocenters. The van der Waals surface area contributed by atoms with Crippen molar-refractivity contribution in [2.24, 2.45) is 0 Å². The molecule has 1 aromatic rings. The highest BCUT2D eigenvalue weighted by Crippen LogP contribution is 2.29. The van der Waals surface area contributed by atoms with Crippen molar-refractivity contribution in [3.8, 4) is 0 Å². The normalized spacial score (nSPS) is 13.8. The van der Waals surface area contributed by atoms with Gasteiger partial charge in [0.05, 0.1) is 17.9 Å². The summed E-state index contributed by atoms with van der Waals surface area (Å²) in [5, 5.41) is 0. The quantitative estimate of drug-likeness (QED) is 0.592. The maximum absolute atomic E-state index is 13.0. The van der Waals surface area contributed by atoms with E-state index in [1.54, 1.807) is 6.92 Å². The molecule has 94 valence electrons. The standard InChI is InChI=1S/C12H10FNO4/c1-2-18-10(15)6-14-9-4-3-7(13)5-8(9)11(16)12(14)17/h3-5H,2,6H2,1H3. The van der Waals surface area contributed by atoms with Crippen LogP contribution in [-0.2, 0) is 14.3 Å². The average molecular weight is 251 g/mol. The van der Waals surface area contributed by atoms with Gasteiger partial charge in [0.25, 0.3) is 11.7 Å². The lowest BCUT2D eigenvalue weighted by molar-refractivity contribution is -0.142. The first kappa shape index (κ1) is 12.2. The lowest BCUT2D eigenvalue weighted by Crippen LogP contribution is -2.35. The number of esters is 1. The van der Waals surface area contributed by atoms with E-state index in [0.29, 0.717) is 0 Å². The van der Waals surface area contributed by atoms with Crippen LogP contribution in [0.5, 0.6) is 0 Å². The third-order valence-corrected chi connectivity index (χ3v) is 2.53. The number of anilines is 1. The Morgan fingerprint density at radius 1 is 1.39 bits per heavy atom. The Balaban J connectivity index is 2.31. The minimum Gasteiger partial charge on any atom is -0.465 e. The molecule has 1 aliphatic heterocycles. The van der Waals surface area contributed by atoms with E-state index in [9.17, 15) is 18.8 Å². The Morgan fingerprint density at radius 2 is 2.11 bits per heavy atom. The third kappa shape index (κ3) is 1.97. The number of hydrogen-bond donors (Lipinski definition) is 0. The average Bonchev–Trinajstić information content (AvgIpc) is 2.55. The summed E-state index contributed by atoms with van der Waals surface area (Å²) in [6.07, 6.45) is 0. The van der Waals surface area contributed by atoms with Crippen molar-refractivity contribution in [1.29, 1.82) is 0 Å². The van der Waals surface area contributed by atoms with Gasteiger partial charge in [-0.05, 0) is 25.1 Å². The van der Waals surface area contributed by atoms with Gasteiger partial charge >= 0.3 is 5.97 Å². The number of hydrogen-bond acceptors (Lipinski definition) is 4. The first-order chi connectivity index (χ1) is 8.54. The molecule has 2 rings (SSSR count). The van der Waals surface area contributed by atoms with Crippen molar-refractivity contribution in [2.45, 2.75) is 6.92 Å². The predicted molar refractivity (Wildman–Crippen MR) is 59.7 cm³/mol. The number of ether oxygens (including phenoxy) is 1. The number of halogens is 1. The van der Waals surface area contributed by atoms with Gasteiger partial charge in [0.2, 0.25) is 0 Å². The van der Waals surface area contributed by atoms with Gasteiger partial charge in [-0.2, -0.15) is 0 Å². The zero-order chi connectivity index (χ0) is 13.3. The molecule has 0 saturated carbocycles. The fourth-order valence-electron chi connectivity index (χ4n) is 1.77. The molecule has 1 aromatic carbocycles. The van der Waals surface area contributed by atoms with Gasteiger partial charge in [0, 0.05) is 0 Å². The van der Waals surface area contributed by atoms with Crippen molar-refractivity contribution in [2.75, 3.05) is 18.1 Å². The highest BCUT2D eigenvalue weighted by atomic mass is 19.1. The number of benzene rings is 1. The number of fused-ring (bicyclic) bond motifs is 1. The lowest BCUT2D eigenvalue weighted by Gasteiger charge is -2.14. The molecule has 1 aliphatic rings. The van der Waals surface area contributed by atoms with Gasteiger partial charge in [-0.3, -0.25) is 19.3 Å². The first-order valence-corrected chi connectivity index (χ1v) is 5.36. The molecule has 1 heterocycles. The van der Waals surface area contributed by atoms with Crippen LogP contribution in [-0.4, -0.2) is 30.8 Å². The van der Waals surface area contributed by atoms with Crippen LogP contribution in [0.4, 0.5) is 10.1 Å². The molecule has 0 N–H and O–H groups in total. The predicted octanol–water partition coefficient (Wildman–Crippen LogP) is 0.918. The van der Waals surface area contributed by atoms with E-state index in [0.717, 1.165) is 17.0 Å². The smallest absolute Gasteiger partial charge is 0.326 e. The van der Waals surface area contributed by atoms with E-state index in [1.807, 2.05) is 0 Å². The van der Waals surface area contributed by atoms with E-state index in [1.165, 1.54) is 6.07 Å². The SMILES string of the molecule is CCOC(=O)CN1C(=O)C(=O)c2cc(F)ccc21. The fraction of sp³-hybridized carbons (Fsp3) is 0.250. The summed E-state index contributed by atoms with van der Waals surface area (Å²) >= 11 is 0. The largest absolute Gasteiger partial charge is 0.465 e. The molecule has 18 heavy (non-hydrogen) atoms. The molecule has 5 nitrogen and oxygen atoms in total. The molecule has 0 fully saturated rings. The number of nitrogens with zero attached hydrogens (tertiary/aromatic N) is 1. The summed E-state index contributed by atoms with van der Waals surface area (Å²) in [5.74, 6) is -2.87. The minimum absolute atomic E-state index is 0.0238. The number of Topliss-reactive ketones (excluding diaryl/α,β-unsaturated/α-hetero) is 1. The van der Waals surface area contributed by atoms with E-state index in [4.69, 9.17) is 4.74 Å². The second kappa shape index (κ2) is 4.56. The van der Waals surface area contributed by atoms with Crippen LogP contribution >= 0.6 is 0 Å². The second-order valence-corrected chi connectivity index (χ2v) is 3.69. The van der Waals surface area contributed by atoms with Crippen molar-refractivity contribution >= 4 is 23.3 Å². The number of rotatable bonds is 3. The van der Waals surface area contributed by atoms with Gasteiger partial charge < -0.3 is 4.74 Å². The Kier molecular flexibility index (Phi) is 3.10. The highest BCUT2D eigenvalue weighted by molar-refractivity contribution is 6.52. The number of amides is 1. The molecular weight excluding hydrogens is 241 g/mol. The molecular formula is C12H10FNO4. The summed E-state index contributed by atoms with van der Waals surface area (Å²) in [7, 11) is 0. The molecule has 0 saturated heterocycles. The zero-order valence-electron chi connectivity index (χ0n) is 9.60. The molecule has 0 aromatic heterocycles. The summed E-state index contributed by atoms with van der Waals surface area (Å²) in [6.45, 7) is 1.47. The van der Waals surface area contributed by atoms with Gasteiger partial charge in [-0.15, -0.1) is 0 Å². The van der Waals surface area contributed by atoms with E-state index < -0.39 is 23.5 Å². The molecule has 6 heteroatoms. The molecule has 0 aliphatic carbocycles. The lowest BCUT2D eigenvalue weighted by atomic mass is 10.1. The topological polar surface area (TPSA) is 63.7 Å². The van der Waals surface area contributed by atoms with Crippen molar-refractivity contribution < 1.29 is 23.5 Å². The van der Waals surface area contributed by atoms with Crippen LogP contribution in [0.15, 0.2) is 18.2 Å². The Hall–Kier alpha value is -2.24. The number of carbonyl (C=O) groups is 3. The summed E-state index contributed by atoms with van der Waals surface area (Å²) in [6, 6.07) is 3.41. The minimum atomic E-state index is -0.844. The Labute approximate surface area is 102 Å². The molecule has 1 amide bonds. The van der Waals surface area contributed by atoms with Crippen LogP contribution in [0.25, 0.3) is 0 Å². The van der Waals surface area contributed by atoms with Gasteiger partial charge in [-0.1, -0.05) is 0 Å². The first-order valence-electron chi connectivity index (χ1n) is 5.36. The van der Waals surface area contributed by atoms with Crippen molar-refractivity contribution in [1.82, 2.24) is 0 Å². The molecule has 0 spiro atoms. The van der Waals surface area contributed by atoms with E-state index in [2.05, 4.69) is 0 Å². The molecule has 0 bridgehead atoms. The van der Waals surface area contributed by atoms with Crippen LogP contribution in [0.2, 0.25) is 0 Å². The Bertz CT molecular complexity index is 541. The zero-order valence-corrected chi connectivity index (χ0v) is 9.60. The van der Waals surface area contributed by atoms with Gasteiger partial charge in [0.1, 0.15) is 12.4 Å². The van der Waals surface area contributed by atoms with Crippen molar-refractivity contribution in [3.05, 3.63) is 29.6 Å². The van der Waals surface area contributed by atoms with E-state index >= 15 is 0 Å². The molecule has 0 radical (unpaired) electrons. The van der Waals surface area contributed by atoms with Crippen LogP contribution in [0.1, 0.15) is 17.3 Å². The second-order valence-electron chi connectivity index (χ2n) is 3.69. The summed E-state index contributed by atoms with van der Waals surface area (Å²) < 4.78 is 17.7. The van der Waals surface area contributed by atoms with Crippen LogP contribution in [0, 0.1) is 5.82 Å². The monoisotopic (exact) mass is 251 g/mol. The summed E-state index contributed by atoms with van der Waals surface area (Å²) in [4.78, 5) is 35.6. The fourth-order valence-corrected chi connectivity index (χ4v) is 1.77. The van der Waals surface area contributed by atoms with Crippen LogP contribution in [0.3, 0.4) is 0 Å². The van der Waals surface area contributed by atoms with Gasteiger partial charge in [0.15, 0.2) is 0 Å². The number of carbonyl (C=O) groups excluding carboxylic acids is 3. The van der Waals surface area contributed by atoms with Crippen LogP contribution < -0.4 is 4.90 Å². The third-order valence-electron chi connectivity index (χ3n) is 2.53. The maximum Gasteiger partial charge on any atom is 0.326 e. The highest BCUT2D eigenvalue weighted by Gasteiger charge is 2.37. The van der Waals surface area contributed by atoms with Gasteiger partial charge in [-0.25, -0.2) is 4.39 Å². The maximum atomic E-state index is 13.0. The van der Waals surface area contributed by atoms with E-state index in [-0.39, 0.29) is 24.4 Å². The molecule has 0 atom stereocenters. The number of ketones is 1. The van der Waals surface area contributed by atoms with Crippen molar-refractivity contribution in [3.63, 3.8) is 0 Å². The summed E-state index contributed by atoms with van der Waals surface area (Å²) in [5.41, 5.74) is 0.212. The Morgan fingerprint density at radius 3 is 2.78 bits per heavy atom.